The molecule has 136 valence electrons. The minimum atomic E-state index is -0.626. The Bertz CT molecular complexity index is 844. The number of nitrogens with zero attached hydrogens (tertiary/aromatic N) is 1. The first-order chi connectivity index (χ1) is 12.3. The van der Waals surface area contributed by atoms with Gasteiger partial charge in [-0.25, -0.2) is 0 Å². The lowest BCUT2D eigenvalue weighted by molar-refractivity contribution is -0.384. The first-order valence-electron chi connectivity index (χ1n) is 8.03. The second-order valence-electron chi connectivity index (χ2n) is 6.03. The Morgan fingerprint density at radius 3 is 2.35 bits per heavy atom. The van der Waals surface area contributed by atoms with Gasteiger partial charge in [0.05, 0.1) is 11.3 Å². The fourth-order valence-corrected chi connectivity index (χ4v) is 2.36. The fourth-order valence-electron chi connectivity index (χ4n) is 2.36. The van der Waals surface area contributed by atoms with Crippen molar-refractivity contribution in [3.8, 4) is 0 Å². The summed E-state index contributed by atoms with van der Waals surface area (Å²) >= 11 is 0. The fraction of sp³-hybridized carbons (Fsp3) is 0.263. The number of nitro groups is 1. The highest BCUT2D eigenvalue weighted by molar-refractivity contribution is 5.96. The number of hydrogen-bond donors (Lipinski definition) is 1. The molecular formula is C19H20N2O5. The van der Waals surface area contributed by atoms with Crippen molar-refractivity contribution in [2.45, 2.75) is 27.2 Å². The molecule has 0 saturated heterocycles. The topological polar surface area (TPSA) is 98.5 Å². The summed E-state index contributed by atoms with van der Waals surface area (Å²) < 4.78 is 4.96. The van der Waals surface area contributed by atoms with Crippen molar-refractivity contribution in [3.05, 3.63) is 68.8 Å². The maximum atomic E-state index is 12.0. The number of hydrogen-bond acceptors (Lipinski definition) is 5. The number of benzene rings is 2. The van der Waals surface area contributed by atoms with Crippen molar-refractivity contribution in [2.75, 3.05) is 11.9 Å². The molecular weight excluding hydrogens is 336 g/mol. The highest BCUT2D eigenvalue weighted by Gasteiger charge is 2.20. The lowest BCUT2D eigenvalue weighted by Gasteiger charge is -2.11. The van der Waals surface area contributed by atoms with E-state index >= 15 is 0 Å². The Morgan fingerprint density at radius 1 is 1.08 bits per heavy atom. The Kier molecular flexibility index (Phi) is 6.06. The third kappa shape index (κ3) is 4.89. The van der Waals surface area contributed by atoms with Gasteiger partial charge in [0.25, 0.3) is 11.6 Å². The van der Waals surface area contributed by atoms with Crippen molar-refractivity contribution in [3.63, 3.8) is 0 Å². The molecule has 0 fully saturated rings. The van der Waals surface area contributed by atoms with Crippen molar-refractivity contribution in [1.82, 2.24) is 0 Å². The van der Waals surface area contributed by atoms with Gasteiger partial charge < -0.3 is 10.1 Å². The first-order valence-corrected chi connectivity index (χ1v) is 8.03. The molecule has 7 nitrogen and oxygen atoms in total. The van der Waals surface area contributed by atoms with Crippen molar-refractivity contribution < 1.29 is 19.2 Å². The third-order valence-corrected chi connectivity index (χ3v) is 4.01. The quantitative estimate of drug-likeness (QED) is 0.487. The number of ether oxygens (including phenoxy) is 1. The van der Waals surface area contributed by atoms with Gasteiger partial charge in [-0.2, -0.15) is 0 Å². The Labute approximate surface area is 151 Å². The summed E-state index contributed by atoms with van der Waals surface area (Å²) in [5.74, 6) is -1.17. The number of nitro benzene ring substituents is 1. The number of anilines is 1. The van der Waals surface area contributed by atoms with Gasteiger partial charge in [0.15, 0.2) is 6.61 Å². The molecule has 2 aromatic rings. The maximum Gasteiger partial charge on any atom is 0.310 e. The average Bonchev–Trinajstić information content (AvgIpc) is 2.59. The lowest BCUT2D eigenvalue weighted by atomic mass is 10.1. The van der Waals surface area contributed by atoms with Gasteiger partial charge in [-0.05, 0) is 37.5 Å². The smallest absolute Gasteiger partial charge is 0.310 e. The van der Waals surface area contributed by atoms with Crippen LogP contribution in [-0.2, 0) is 20.7 Å². The van der Waals surface area contributed by atoms with Crippen LogP contribution < -0.4 is 5.32 Å². The van der Waals surface area contributed by atoms with E-state index in [2.05, 4.69) is 5.32 Å². The molecule has 0 aromatic heterocycles. The predicted octanol–water partition coefficient (Wildman–Crippen LogP) is 3.24. The molecule has 0 aliphatic carbocycles. The van der Waals surface area contributed by atoms with Crippen LogP contribution in [0.15, 0.2) is 36.4 Å². The van der Waals surface area contributed by atoms with Gasteiger partial charge in [0.1, 0.15) is 5.69 Å². The Morgan fingerprint density at radius 2 is 1.73 bits per heavy atom. The second-order valence-corrected chi connectivity index (χ2v) is 6.03. The van der Waals surface area contributed by atoms with Crippen molar-refractivity contribution >= 4 is 23.3 Å². The Hall–Kier alpha value is -3.22. The highest BCUT2D eigenvalue weighted by atomic mass is 16.6. The summed E-state index contributed by atoms with van der Waals surface area (Å²) in [7, 11) is 0. The number of rotatable bonds is 6. The van der Waals surface area contributed by atoms with E-state index in [1.54, 1.807) is 19.9 Å². The van der Waals surface area contributed by atoms with E-state index in [-0.39, 0.29) is 17.8 Å². The van der Waals surface area contributed by atoms with E-state index in [1.165, 1.54) is 6.07 Å². The molecule has 0 bridgehead atoms. The normalized spacial score (nSPS) is 10.3. The molecule has 2 rings (SSSR count). The van der Waals surface area contributed by atoms with Gasteiger partial charge in [0.2, 0.25) is 0 Å². The van der Waals surface area contributed by atoms with E-state index in [1.807, 2.05) is 31.2 Å². The van der Waals surface area contributed by atoms with Gasteiger partial charge in [0, 0.05) is 6.07 Å². The molecule has 1 amide bonds. The minimum Gasteiger partial charge on any atom is -0.455 e. The molecule has 0 saturated carbocycles. The third-order valence-electron chi connectivity index (χ3n) is 4.01. The number of esters is 1. The molecule has 0 atom stereocenters. The molecule has 0 radical (unpaired) electrons. The number of aryl methyl sites for hydroxylation is 2. The summed E-state index contributed by atoms with van der Waals surface area (Å²) in [5.41, 5.74) is 3.19. The SMILES string of the molecule is Cc1ccc(CC(=O)OCC(=O)Nc2c([N+](=O)[O-])ccc(C)c2C)cc1. The predicted molar refractivity (Wildman–Crippen MR) is 97.0 cm³/mol. The van der Waals surface area contributed by atoms with E-state index in [4.69, 9.17) is 4.74 Å². The zero-order chi connectivity index (χ0) is 19.3. The van der Waals surface area contributed by atoms with E-state index < -0.39 is 23.4 Å². The minimum absolute atomic E-state index is 0.0528. The van der Waals surface area contributed by atoms with Crippen molar-refractivity contribution in [2.24, 2.45) is 0 Å². The number of amides is 1. The maximum absolute atomic E-state index is 12.0. The van der Waals surface area contributed by atoms with Crippen LogP contribution >= 0.6 is 0 Å². The second kappa shape index (κ2) is 8.24. The standard InChI is InChI=1S/C19H20N2O5/c1-12-4-7-15(8-5-12)10-18(23)26-11-17(22)20-19-14(3)13(2)6-9-16(19)21(24)25/h4-9H,10-11H2,1-3H3,(H,20,22). The van der Waals surface area contributed by atoms with Crippen LogP contribution in [0.25, 0.3) is 0 Å². The van der Waals surface area contributed by atoms with Crippen LogP contribution in [0.4, 0.5) is 11.4 Å². The summed E-state index contributed by atoms with van der Waals surface area (Å²) in [6.07, 6.45) is 0.0528. The van der Waals surface area contributed by atoms with Crippen LogP contribution in [0.1, 0.15) is 22.3 Å². The summed E-state index contributed by atoms with van der Waals surface area (Å²) in [6, 6.07) is 10.3. The molecule has 7 heteroatoms. The number of carbonyl (C=O) groups excluding carboxylic acids is 2. The molecule has 0 heterocycles. The molecule has 1 N–H and O–H groups in total. The van der Waals surface area contributed by atoms with E-state index in [9.17, 15) is 19.7 Å². The molecule has 2 aromatic carbocycles. The van der Waals surface area contributed by atoms with Crippen LogP contribution in [0.5, 0.6) is 0 Å². The largest absolute Gasteiger partial charge is 0.455 e. The van der Waals surface area contributed by atoms with E-state index in [0.717, 1.165) is 16.7 Å². The summed E-state index contributed by atoms with van der Waals surface area (Å²) in [5, 5.41) is 13.6. The summed E-state index contributed by atoms with van der Waals surface area (Å²) in [6.45, 7) is 4.91. The molecule has 0 spiro atoms. The molecule has 0 aliphatic heterocycles. The van der Waals surface area contributed by atoms with Crippen LogP contribution in [-0.4, -0.2) is 23.4 Å². The highest BCUT2D eigenvalue weighted by Crippen LogP contribution is 2.30. The van der Waals surface area contributed by atoms with Gasteiger partial charge in [-0.3, -0.25) is 19.7 Å². The first kappa shape index (κ1) is 19.1. The Balaban J connectivity index is 1.97. The van der Waals surface area contributed by atoms with Gasteiger partial charge in [-0.1, -0.05) is 35.9 Å². The number of nitrogens with one attached hydrogen (secondary N) is 1. The summed E-state index contributed by atoms with van der Waals surface area (Å²) in [4.78, 5) is 34.4. The zero-order valence-electron chi connectivity index (χ0n) is 14.9. The zero-order valence-corrected chi connectivity index (χ0v) is 14.9. The molecule has 0 unspecified atom stereocenters. The van der Waals surface area contributed by atoms with E-state index in [0.29, 0.717) is 5.56 Å². The number of carbonyl (C=O) groups is 2. The van der Waals surface area contributed by atoms with Gasteiger partial charge in [-0.15, -0.1) is 0 Å². The van der Waals surface area contributed by atoms with Crippen LogP contribution in [0.2, 0.25) is 0 Å². The molecule has 26 heavy (non-hydrogen) atoms. The lowest BCUT2D eigenvalue weighted by Crippen LogP contribution is -2.22. The molecule has 0 aliphatic rings. The monoisotopic (exact) mass is 356 g/mol. The van der Waals surface area contributed by atoms with Crippen molar-refractivity contribution in [1.29, 1.82) is 0 Å². The van der Waals surface area contributed by atoms with Gasteiger partial charge >= 0.3 is 5.97 Å². The van der Waals surface area contributed by atoms with Crippen LogP contribution in [0.3, 0.4) is 0 Å². The van der Waals surface area contributed by atoms with Crippen LogP contribution in [0, 0.1) is 30.9 Å². The average molecular weight is 356 g/mol.